The number of benzene rings is 1. The summed E-state index contributed by atoms with van der Waals surface area (Å²) in [6.07, 6.45) is 8.62. The van der Waals surface area contributed by atoms with Crippen LogP contribution < -0.4 is 5.32 Å². The average Bonchev–Trinajstić information content (AvgIpc) is 3.12. The van der Waals surface area contributed by atoms with Crippen LogP contribution in [0, 0.1) is 34.8 Å². The Balaban J connectivity index is 1.70. The summed E-state index contributed by atoms with van der Waals surface area (Å²) < 4.78 is 0. The van der Waals surface area contributed by atoms with E-state index in [0.29, 0.717) is 17.5 Å². The summed E-state index contributed by atoms with van der Waals surface area (Å²) in [7, 11) is 0. The summed E-state index contributed by atoms with van der Waals surface area (Å²) in [4.78, 5) is 22.9. The number of nitrogens with one attached hydrogen (secondary N) is 1. The van der Waals surface area contributed by atoms with Gasteiger partial charge in [0.25, 0.3) is 5.69 Å². The highest BCUT2D eigenvalue weighted by Crippen LogP contribution is 2.53. The van der Waals surface area contributed by atoms with Crippen LogP contribution in [0.15, 0.2) is 30.4 Å². The summed E-state index contributed by atoms with van der Waals surface area (Å²) in [5.74, 6) is 1.03. The number of carbonyl (C=O) groups excluding carboxylic acids is 1. The number of carbonyl (C=O) groups is 1. The predicted molar refractivity (Wildman–Crippen MR) is 84.5 cm³/mol. The number of rotatable bonds is 3. The maximum absolute atomic E-state index is 12.5. The summed E-state index contributed by atoms with van der Waals surface area (Å²) in [6.45, 7) is 1.85. The van der Waals surface area contributed by atoms with Gasteiger partial charge in [0.1, 0.15) is 0 Å². The van der Waals surface area contributed by atoms with Crippen LogP contribution in [-0.4, -0.2) is 10.8 Å². The Kier molecular flexibility index (Phi) is 3.96. The van der Waals surface area contributed by atoms with Gasteiger partial charge in [-0.15, -0.1) is 0 Å². The molecule has 2 aliphatic rings. The third-order valence-corrected chi connectivity index (χ3v) is 4.82. The molecule has 0 aliphatic heterocycles. The molecule has 1 N–H and O–H groups in total. The zero-order chi connectivity index (χ0) is 15.7. The lowest BCUT2D eigenvalue weighted by atomic mass is 10.1. The van der Waals surface area contributed by atoms with E-state index in [0.717, 1.165) is 31.2 Å². The van der Waals surface area contributed by atoms with Crippen LogP contribution in [0.3, 0.4) is 0 Å². The quantitative estimate of drug-likeness (QED) is 0.524. The van der Waals surface area contributed by atoms with E-state index in [2.05, 4.69) is 17.5 Å². The monoisotopic (exact) mass is 300 g/mol. The molecule has 1 saturated carbocycles. The first-order chi connectivity index (χ1) is 10.6. The zero-order valence-electron chi connectivity index (χ0n) is 12.6. The molecule has 1 amide bonds. The molecule has 3 rings (SSSR count). The molecular weight excluding hydrogens is 280 g/mol. The van der Waals surface area contributed by atoms with E-state index >= 15 is 0 Å². The second kappa shape index (κ2) is 5.91. The van der Waals surface area contributed by atoms with Crippen LogP contribution in [0.2, 0.25) is 0 Å². The predicted octanol–water partition coefficient (Wildman–Crippen LogP) is 3.83. The standard InChI is InChI=1S/C17H20N2O3/c1-11-8-9-12(19(21)22)10-15(11)18-17(20)16-13-6-4-2-3-5-7-14(13)16/h2-3,8-10,13-14,16H,4-7H2,1H3,(H,18,20). The highest BCUT2D eigenvalue weighted by Gasteiger charge is 2.53. The third-order valence-electron chi connectivity index (χ3n) is 4.82. The van der Waals surface area contributed by atoms with Crippen LogP contribution in [0.4, 0.5) is 11.4 Å². The summed E-state index contributed by atoms with van der Waals surface area (Å²) in [5, 5.41) is 13.8. The molecule has 0 aromatic heterocycles. The number of nitrogens with zero attached hydrogens (tertiary/aromatic N) is 1. The number of non-ortho nitro benzene ring substituents is 1. The lowest BCUT2D eigenvalue weighted by Gasteiger charge is -2.08. The largest absolute Gasteiger partial charge is 0.325 e. The molecular formula is C17H20N2O3. The maximum atomic E-state index is 12.5. The maximum Gasteiger partial charge on any atom is 0.271 e. The van der Waals surface area contributed by atoms with Gasteiger partial charge in [-0.25, -0.2) is 0 Å². The number of nitro benzene ring substituents is 1. The first-order valence-electron chi connectivity index (χ1n) is 7.79. The fourth-order valence-corrected chi connectivity index (χ4v) is 3.51. The van der Waals surface area contributed by atoms with Gasteiger partial charge in [-0.3, -0.25) is 14.9 Å². The molecule has 1 aromatic rings. The fourth-order valence-electron chi connectivity index (χ4n) is 3.51. The summed E-state index contributed by atoms with van der Waals surface area (Å²) >= 11 is 0. The van der Waals surface area contributed by atoms with Crippen molar-refractivity contribution in [3.05, 3.63) is 46.0 Å². The molecule has 2 unspecified atom stereocenters. The first kappa shape index (κ1) is 14.8. The molecule has 0 spiro atoms. The Morgan fingerprint density at radius 1 is 1.23 bits per heavy atom. The van der Waals surface area contributed by atoms with Gasteiger partial charge >= 0.3 is 0 Å². The van der Waals surface area contributed by atoms with Crippen molar-refractivity contribution in [2.45, 2.75) is 32.6 Å². The normalized spacial score (nSPS) is 26.5. The zero-order valence-corrected chi connectivity index (χ0v) is 12.6. The van der Waals surface area contributed by atoms with Gasteiger partial charge in [0.2, 0.25) is 5.91 Å². The van der Waals surface area contributed by atoms with E-state index in [4.69, 9.17) is 0 Å². The van der Waals surface area contributed by atoms with E-state index in [9.17, 15) is 14.9 Å². The van der Waals surface area contributed by atoms with Gasteiger partial charge in [-0.05, 0) is 50.0 Å². The molecule has 0 radical (unpaired) electrons. The van der Waals surface area contributed by atoms with Crippen molar-refractivity contribution in [3.8, 4) is 0 Å². The minimum atomic E-state index is -0.438. The lowest BCUT2D eigenvalue weighted by Crippen LogP contribution is -2.16. The van der Waals surface area contributed by atoms with Gasteiger partial charge in [0, 0.05) is 18.1 Å². The Bertz CT molecular complexity index is 623. The molecule has 1 aromatic carbocycles. The number of hydrogen-bond acceptors (Lipinski definition) is 3. The Morgan fingerprint density at radius 2 is 1.86 bits per heavy atom. The van der Waals surface area contributed by atoms with Crippen LogP contribution in [0.1, 0.15) is 31.2 Å². The van der Waals surface area contributed by atoms with Gasteiger partial charge in [-0.1, -0.05) is 18.2 Å². The molecule has 2 atom stereocenters. The minimum absolute atomic E-state index is 0.00640. The number of nitro groups is 1. The van der Waals surface area contributed by atoms with E-state index in [1.54, 1.807) is 6.07 Å². The Hall–Kier alpha value is -2.17. The smallest absolute Gasteiger partial charge is 0.271 e. The first-order valence-corrected chi connectivity index (χ1v) is 7.79. The third kappa shape index (κ3) is 2.89. The number of allylic oxidation sites excluding steroid dienone is 2. The van der Waals surface area contributed by atoms with Gasteiger partial charge in [0.15, 0.2) is 0 Å². The molecule has 5 nitrogen and oxygen atoms in total. The molecule has 2 aliphatic carbocycles. The lowest BCUT2D eigenvalue weighted by molar-refractivity contribution is -0.384. The topological polar surface area (TPSA) is 72.2 Å². The molecule has 0 bridgehead atoms. The van der Waals surface area contributed by atoms with E-state index in [-0.39, 0.29) is 17.5 Å². The molecule has 0 saturated heterocycles. The average molecular weight is 300 g/mol. The van der Waals surface area contributed by atoms with E-state index < -0.39 is 4.92 Å². The van der Waals surface area contributed by atoms with Gasteiger partial charge in [-0.2, -0.15) is 0 Å². The number of amides is 1. The van der Waals surface area contributed by atoms with Crippen molar-refractivity contribution >= 4 is 17.3 Å². The minimum Gasteiger partial charge on any atom is -0.325 e. The highest BCUT2D eigenvalue weighted by molar-refractivity contribution is 5.95. The van der Waals surface area contributed by atoms with Crippen molar-refractivity contribution < 1.29 is 9.72 Å². The Morgan fingerprint density at radius 3 is 2.45 bits per heavy atom. The van der Waals surface area contributed by atoms with Gasteiger partial charge < -0.3 is 5.32 Å². The van der Waals surface area contributed by atoms with E-state index in [1.807, 2.05) is 6.92 Å². The van der Waals surface area contributed by atoms with Crippen molar-refractivity contribution in [2.75, 3.05) is 5.32 Å². The fraction of sp³-hybridized carbons (Fsp3) is 0.471. The van der Waals surface area contributed by atoms with Crippen molar-refractivity contribution in [1.29, 1.82) is 0 Å². The molecule has 22 heavy (non-hydrogen) atoms. The summed E-state index contributed by atoms with van der Waals surface area (Å²) in [5.41, 5.74) is 1.40. The van der Waals surface area contributed by atoms with Crippen LogP contribution >= 0.6 is 0 Å². The Labute approximate surface area is 129 Å². The van der Waals surface area contributed by atoms with Gasteiger partial charge in [0.05, 0.1) is 10.6 Å². The molecule has 5 heteroatoms. The molecule has 0 heterocycles. The van der Waals surface area contributed by atoms with Crippen LogP contribution in [-0.2, 0) is 4.79 Å². The number of hydrogen-bond donors (Lipinski definition) is 1. The van der Waals surface area contributed by atoms with E-state index in [1.165, 1.54) is 12.1 Å². The van der Waals surface area contributed by atoms with Crippen LogP contribution in [0.25, 0.3) is 0 Å². The summed E-state index contributed by atoms with van der Waals surface area (Å²) in [6, 6.07) is 4.58. The molecule has 116 valence electrons. The van der Waals surface area contributed by atoms with Crippen molar-refractivity contribution in [3.63, 3.8) is 0 Å². The highest BCUT2D eigenvalue weighted by atomic mass is 16.6. The van der Waals surface area contributed by atoms with Crippen molar-refractivity contribution in [1.82, 2.24) is 0 Å². The number of fused-ring (bicyclic) bond motifs is 1. The second-order valence-electron chi connectivity index (χ2n) is 6.23. The number of aryl methyl sites for hydroxylation is 1. The second-order valence-corrected chi connectivity index (χ2v) is 6.23. The SMILES string of the molecule is Cc1ccc([N+](=O)[O-])cc1NC(=O)C1C2CCC=CCCC21. The molecule has 1 fully saturated rings. The number of anilines is 1. The van der Waals surface area contributed by atoms with Crippen LogP contribution in [0.5, 0.6) is 0 Å². The van der Waals surface area contributed by atoms with Crippen molar-refractivity contribution in [2.24, 2.45) is 17.8 Å².